The third-order valence-corrected chi connectivity index (χ3v) is 2.90. The maximum Gasteiger partial charge on any atom is 0.256 e. The van der Waals surface area contributed by atoms with E-state index in [-0.39, 0.29) is 11.6 Å². The van der Waals surface area contributed by atoms with Gasteiger partial charge in [0.05, 0.1) is 18.2 Å². The maximum absolute atomic E-state index is 13.9. The van der Waals surface area contributed by atoms with Gasteiger partial charge in [0, 0.05) is 19.8 Å². The number of nitrogen functional groups attached to an aromatic ring is 1. The highest BCUT2D eigenvalue weighted by atomic mass is 19.1. The number of nitrogens with two attached hydrogens (primary N) is 1. The molecule has 1 amide bonds. The van der Waals surface area contributed by atoms with E-state index < -0.39 is 11.7 Å². The van der Waals surface area contributed by atoms with E-state index >= 15 is 0 Å². The summed E-state index contributed by atoms with van der Waals surface area (Å²) in [6, 6.07) is 2.73. The van der Waals surface area contributed by atoms with Crippen molar-refractivity contribution in [2.45, 2.75) is 19.9 Å². The predicted octanol–water partition coefficient (Wildman–Crippen LogP) is 1.82. The predicted molar refractivity (Wildman–Crippen MR) is 69.0 cm³/mol. The largest absolute Gasteiger partial charge is 0.399 e. The van der Waals surface area contributed by atoms with E-state index in [0.717, 1.165) is 0 Å². The number of carbonyl (C=O) groups excluding carboxylic acids is 1. The molecule has 1 aromatic rings. The summed E-state index contributed by atoms with van der Waals surface area (Å²) in [6.45, 7) is 3.81. The average molecular weight is 254 g/mol. The van der Waals surface area contributed by atoms with Crippen LogP contribution in [0.5, 0.6) is 0 Å². The molecule has 0 fully saturated rings. The van der Waals surface area contributed by atoms with Crippen LogP contribution in [0.1, 0.15) is 22.8 Å². The zero-order valence-corrected chi connectivity index (χ0v) is 11.2. The second-order valence-electron chi connectivity index (χ2n) is 4.42. The van der Waals surface area contributed by atoms with Crippen LogP contribution in [0.15, 0.2) is 12.1 Å². The monoisotopic (exact) mass is 254 g/mol. The van der Waals surface area contributed by atoms with Crippen LogP contribution in [0.25, 0.3) is 0 Å². The Kier molecular flexibility index (Phi) is 4.67. The number of hydrogen-bond acceptors (Lipinski definition) is 3. The molecule has 0 saturated heterocycles. The number of ether oxygens (including phenoxy) is 1. The molecule has 0 saturated carbocycles. The summed E-state index contributed by atoms with van der Waals surface area (Å²) in [4.78, 5) is 13.6. The van der Waals surface area contributed by atoms with Crippen molar-refractivity contribution < 1.29 is 13.9 Å². The van der Waals surface area contributed by atoms with Crippen LogP contribution in [0, 0.1) is 12.7 Å². The molecule has 1 rings (SSSR count). The van der Waals surface area contributed by atoms with Gasteiger partial charge >= 0.3 is 0 Å². The van der Waals surface area contributed by atoms with Gasteiger partial charge in [0.1, 0.15) is 5.82 Å². The zero-order chi connectivity index (χ0) is 13.9. The van der Waals surface area contributed by atoms with Crippen LogP contribution in [-0.4, -0.2) is 37.6 Å². The molecular weight excluding hydrogens is 235 g/mol. The molecule has 0 heterocycles. The van der Waals surface area contributed by atoms with E-state index in [1.165, 1.54) is 17.0 Å². The number of hydrogen-bond donors (Lipinski definition) is 1. The van der Waals surface area contributed by atoms with Crippen LogP contribution in [-0.2, 0) is 4.74 Å². The van der Waals surface area contributed by atoms with Gasteiger partial charge in [-0.1, -0.05) is 0 Å². The number of likely N-dealkylation sites (N-methyl/N-ethyl adjacent to an activating group) is 1. The van der Waals surface area contributed by atoms with Crippen LogP contribution in [0.2, 0.25) is 0 Å². The van der Waals surface area contributed by atoms with Gasteiger partial charge < -0.3 is 15.4 Å². The minimum absolute atomic E-state index is 0.00190. The Bertz CT molecular complexity index is 449. The van der Waals surface area contributed by atoms with E-state index in [1.54, 1.807) is 21.1 Å². The van der Waals surface area contributed by atoms with Gasteiger partial charge in [0.15, 0.2) is 0 Å². The number of anilines is 1. The molecule has 0 aliphatic heterocycles. The standard InChI is InChI=1S/C13H19FN2O2/c1-8-5-10(15)6-11(12(8)14)13(17)16(3)9(2)7-18-4/h5-6,9H,7,15H2,1-4H3. The van der Waals surface area contributed by atoms with E-state index in [9.17, 15) is 9.18 Å². The van der Waals surface area contributed by atoms with E-state index in [2.05, 4.69) is 0 Å². The van der Waals surface area contributed by atoms with Crippen LogP contribution in [0.4, 0.5) is 10.1 Å². The molecule has 0 aliphatic rings. The smallest absolute Gasteiger partial charge is 0.256 e. The lowest BCUT2D eigenvalue weighted by Gasteiger charge is -2.24. The topological polar surface area (TPSA) is 55.6 Å². The molecule has 1 aromatic carbocycles. The van der Waals surface area contributed by atoms with Crippen molar-refractivity contribution in [3.63, 3.8) is 0 Å². The number of benzene rings is 1. The molecule has 5 heteroatoms. The first-order valence-corrected chi connectivity index (χ1v) is 5.70. The average Bonchev–Trinajstić information content (AvgIpc) is 2.32. The summed E-state index contributed by atoms with van der Waals surface area (Å²) in [5.74, 6) is -0.918. The van der Waals surface area contributed by atoms with E-state index in [1.807, 2.05) is 6.92 Å². The van der Waals surface area contributed by atoms with E-state index in [4.69, 9.17) is 10.5 Å². The Morgan fingerprint density at radius 2 is 2.17 bits per heavy atom. The Morgan fingerprint density at radius 3 is 2.72 bits per heavy atom. The fraction of sp³-hybridized carbons (Fsp3) is 0.462. The third kappa shape index (κ3) is 2.98. The number of halogens is 1. The fourth-order valence-electron chi connectivity index (χ4n) is 1.70. The first-order valence-electron chi connectivity index (χ1n) is 5.70. The van der Waals surface area contributed by atoms with Crippen molar-refractivity contribution >= 4 is 11.6 Å². The Hall–Kier alpha value is -1.62. The fourth-order valence-corrected chi connectivity index (χ4v) is 1.70. The summed E-state index contributed by atoms with van der Waals surface area (Å²) >= 11 is 0. The minimum atomic E-state index is -0.523. The van der Waals surface area contributed by atoms with Crippen molar-refractivity contribution in [1.82, 2.24) is 4.90 Å². The lowest BCUT2D eigenvalue weighted by atomic mass is 10.1. The van der Waals surface area contributed by atoms with Crippen LogP contribution in [0.3, 0.4) is 0 Å². The molecule has 1 unspecified atom stereocenters. The molecule has 0 spiro atoms. The van der Waals surface area contributed by atoms with Crippen molar-refractivity contribution in [2.75, 3.05) is 26.5 Å². The number of aryl methyl sites for hydroxylation is 1. The van der Waals surface area contributed by atoms with Crippen LogP contribution < -0.4 is 5.73 Å². The summed E-state index contributed by atoms with van der Waals surface area (Å²) in [5, 5.41) is 0. The highest BCUT2D eigenvalue weighted by molar-refractivity contribution is 5.95. The summed E-state index contributed by atoms with van der Waals surface area (Å²) in [6.07, 6.45) is 0. The van der Waals surface area contributed by atoms with Crippen molar-refractivity contribution in [3.05, 3.63) is 29.1 Å². The molecular formula is C13H19FN2O2. The number of methoxy groups -OCH3 is 1. The van der Waals surface area contributed by atoms with Crippen molar-refractivity contribution in [1.29, 1.82) is 0 Å². The summed E-state index contributed by atoms with van der Waals surface area (Å²) in [5.41, 5.74) is 6.38. The molecule has 0 bridgehead atoms. The van der Waals surface area contributed by atoms with Gasteiger partial charge in [-0.15, -0.1) is 0 Å². The third-order valence-electron chi connectivity index (χ3n) is 2.90. The van der Waals surface area contributed by atoms with Crippen LogP contribution >= 0.6 is 0 Å². The van der Waals surface area contributed by atoms with Gasteiger partial charge in [0.25, 0.3) is 5.91 Å². The number of carbonyl (C=O) groups is 1. The minimum Gasteiger partial charge on any atom is -0.399 e. The zero-order valence-electron chi connectivity index (χ0n) is 11.2. The number of rotatable bonds is 4. The molecule has 18 heavy (non-hydrogen) atoms. The molecule has 0 radical (unpaired) electrons. The first-order chi connectivity index (χ1) is 8.38. The van der Waals surface area contributed by atoms with Crippen molar-refractivity contribution in [2.24, 2.45) is 0 Å². The second-order valence-corrected chi connectivity index (χ2v) is 4.42. The number of nitrogens with zero attached hydrogens (tertiary/aromatic N) is 1. The van der Waals surface area contributed by atoms with Gasteiger partial charge in [-0.3, -0.25) is 4.79 Å². The Morgan fingerprint density at radius 1 is 1.56 bits per heavy atom. The SMILES string of the molecule is COCC(C)N(C)C(=O)c1cc(N)cc(C)c1F. The lowest BCUT2D eigenvalue weighted by Crippen LogP contribution is -2.38. The summed E-state index contributed by atoms with van der Waals surface area (Å²) in [7, 11) is 3.17. The Labute approximate surface area is 107 Å². The molecule has 2 N–H and O–H groups in total. The quantitative estimate of drug-likeness (QED) is 0.834. The van der Waals surface area contributed by atoms with E-state index in [0.29, 0.717) is 17.9 Å². The van der Waals surface area contributed by atoms with Gasteiger partial charge in [0.2, 0.25) is 0 Å². The molecule has 0 aromatic heterocycles. The molecule has 1 atom stereocenters. The highest BCUT2D eigenvalue weighted by Crippen LogP contribution is 2.19. The second kappa shape index (κ2) is 5.82. The number of amides is 1. The molecule has 0 aliphatic carbocycles. The first kappa shape index (κ1) is 14.4. The normalized spacial score (nSPS) is 12.3. The molecule has 4 nitrogen and oxygen atoms in total. The van der Waals surface area contributed by atoms with Gasteiger partial charge in [-0.05, 0) is 31.5 Å². The summed E-state index contributed by atoms with van der Waals surface area (Å²) < 4.78 is 18.9. The van der Waals surface area contributed by atoms with Crippen molar-refractivity contribution in [3.8, 4) is 0 Å². The van der Waals surface area contributed by atoms with Gasteiger partial charge in [-0.25, -0.2) is 4.39 Å². The lowest BCUT2D eigenvalue weighted by molar-refractivity contribution is 0.0629. The Balaban J connectivity index is 3.04. The maximum atomic E-state index is 13.9. The van der Waals surface area contributed by atoms with Gasteiger partial charge in [-0.2, -0.15) is 0 Å². The molecule has 100 valence electrons. The highest BCUT2D eigenvalue weighted by Gasteiger charge is 2.21.